The monoisotopic (exact) mass is 315 g/mol. The van der Waals surface area contributed by atoms with Crippen molar-refractivity contribution in [2.45, 2.75) is 52.6 Å². The number of ether oxygens (including phenoxy) is 1. The van der Waals surface area contributed by atoms with Gasteiger partial charge in [-0.3, -0.25) is 0 Å². The largest absolute Gasteiger partial charge is 0.405 e. The lowest BCUT2D eigenvalue weighted by Gasteiger charge is -2.38. The van der Waals surface area contributed by atoms with Crippen LogP contribution in [0.25, 0.3) is 0 Å². The third-order valence-corrected chi connectivity index (χ3v) is 5.10. The Morgan fingerprint density at radius 3 is 2.96 bits per heavy atom. The standard InChI is InChI=1S/C19H29N3O/c1-5-19-12-11-17(14-16(19)9-10-18(19)23-4)22(21-6-2)15(3)8-7-13-20/h6-8,11,13-14,18H,5,9-10,12,20H2,1-4H3/b13-7-,15-8+,21-6-. The maximum Gasteiger partial charge on any atom is 0.0670 e. The summed E-state index contributed by atoms with van der Waals surface area (Å²) < 4.78 is 5.77. The molecule has 2 aliphatic rings. The average Bonchev–Trinajstić information content (AvgIpc) is 2.95. The van der Waals surface area contributed by atoms with Crippen molar-refractivity contribution >= 4 is 6.21 Å². The van der Waals surface area contributed by atoms with Gasteiger partial charge in [0.2, 0.25) is 0 Å². The van der Waals surface area contributed by atoms with E-state index in [0.29, 0.717) is 6.10 Å². The highest BCUT2D eigenvalue weighted by Crippen LogP contribution is 2.52. The molecule has 2 rings (SSSR count). The molecule has 126 valence electrons. The van der Waals surface area contributed by atoms with Crippen molar-refractivity contribution in [3.63, 3.8) is 0 Å². The van der Waals surface area contributed by atoms with Crippen molar-refractivity contribution < 1.29 is 4.74 Å². The van der Waals surface area contributed by atoms with Gasteiger partial charge in [-0.05, 0) is 64.0 Å². The Kier molecular flexibility index (Phi) is 5.83. The highest BCUT2D eigenvalue weighted by Gasteiger charge is 2.46. The van der Waals surface area contributed by atoms with E-state index in [9.17, 15) is 0 Å². The first-order valence-corrected chi connectivity index (χ1v) is 8.40. The van der Waals surface area contributed by atoms with Crippen LogP contribution in [0, 0.1) is 5.41 Å². The van der Waals surface area contributed by atoms with Crippen LogP contribution in [-0.2, 0) is 4.74 Å². The van der Waals surface area contributed by atoms with Gasteiger partial charge in [0.1, 0.15) is 0 Å². The molecule has 0 aromatic rings. The lowest BCUT2D eigenvalue weighted by Crippen LogP contribution is -2.34. The highest BCUT2D eigenvalue weighted by atomic mass is 16.5. The van der Waals surface area contributed by atoms with E-state index < -0.39 is 0 Å². The highest BCUT2D eigenvalue weighted by molar-refractivity contribution is 5.53. The summed E-state index contributed by atoms with van der Waals surface area (Å²) in [5.74, 6) is 0. The zero-order chi connectivity index (χ0) is 16.9. The molecule has 2 N–H and O–H groups in total. The number of nitrogens with zero attached hydrogens (tertiary/aromatic N) is 2. The Hall–Kier alpha value is -1.81. The van der Waals surface area contributed by atoms with Crippen LogP contribution in [0.5, 0.6) is 0 Å². The minimum absolute atomic E-state index is 0.175. The molecule has 0 radical (unpaired) electrons. The predicted molar refractivity (Wildman–Crippen MR) is 96.6 cm³/mol. The Bertz CT molecular complexity index is 571. The second-order valence-corrected chi connectivity index (χ2v) is 6.15. The van der Waals surface area contributed by atoms with E-state index in [2.05, 4.69) is 24.2 Å². The van der Waals surface area contributed by atoms with Crippen molar-refractivity contribution in [1.82, 2.24) is 5.01 Å². The van der Waals surface area contributed by atoms with Crippen molar-refractivity contribution in [2.75, 3.05) is 7.11 Å². The summed E-state index contributed by atoms with van der Waals surface area (Å²) in [5.41, 5.74) is 9.30. The van der Waals surface area contributed by atoms with E-state index in [1.165, 1.54) is 11.8 Å². The third kappa shape index (κ3) is 3.27. The van der Waals surface area contributed by atoms with E-state index in [0.717, 1.165) is 37.1 Å². The Labute approximate surface area is 140 Å². The van der Waals surface area contributed by atoms with E-state index in [1.54, 1.807) is 0 Å². The van der Waals surface area contributed by atoms with Gasteiger partial charge in [-0.2, -0.15) is 5.10 Å². The molecule has 0 bridgehead atoms. The second kappa shape index (κ2) is 7.64. The number of nitrogens with two attached hydrogens (primary N) is 1. The summed E-state index contributed by atoms with van der Waals surface area (Å²) in [6.07, 6.45) is 16.4. The normalized spacial score (nSPS) is 28.2. The quantitative estimate of drug-likeness (QED) is 0.456. The van der Waals surface area contributed by atoms with Gasteiger partial charge < -0.3 is 10.5 Å². The van der Waals surface area contributed by atoms with E-state index in [4.69, 9.17) is 10.5 Å². The van der Waals surface area contributed by atoms with Crippen LogP contribution < -0.4 is 5.73 Å². The fourth-order valence-corrected chi connectivity index (χ4v) is 3.85. The molecular weight excluding hydrogens is 286 g/mol. The number of rotatable bonds is 6. The molecule has 2 aliphatic carbocycles. The SMILES string of the molecule is C/C=N\N(C1=CCC2(CC)C(=C1)CCC2OC)/C(C)=C/C=C\N. The zero-order valence-corrected chi connectivity index (χ0v) is 14.7. The maximum atomic E-state index is 5.77. The van der Waals surface area contributed by atoms with Crippen LogP contribution in [0.2, 0.25) is 0 Å². The molecule has 1 saturated carbocycles. The van der Waals surface area contributed by atoms with E-state index >= 15 is 0 Å². The Balaban J connectivity index is 2.33. The Morgan fingerprint density at radius 1 is 1.57 bits per heavy atom. The number of hydrogen-bond donors (Lipinski definition) is 1. The molecule has 0 spiro atoms. The van der Waals surface area contributed by atoms with Gasteiger partial charge in [0.05, 0.1) is 11.8 Å². The minimum Gasteiger partial charge on any atom is -0.405 e. The molecule has 0 saturated heterocycles. The molecule has 4 nitrogen and oxygen atoms in total. The summed E-state index contributed by atoms with van der Waals surface area (Å²) in [7, 11) is 1.84. The molecular formula is C19H29N3O. The number of hydrazone groups is 1. The summed E-state index contributed by atoms with van der Waals surface area (Å²) in [6.45, 7) is 6.24. The van der Waals surface area contributed by atoms with Crippen molar-refractivity contribution in [1.29, 1.82) is 0 Å². The summed E-state index contributed by atoms with van der Waals surface area (Å²) in [5, 5.41) is 6.50. The first-order valence-electron chi connectivity index (χ1n) is 8.40. The predicted octanol–water partition coefficient (Wildman–Crippen LogP) is 4.09. The lowest BCUT2D eigenvalue weighted by molar-refractivity contribution is 0.0229. The molecule has 0 heterocycles. The molecule has 2 unspecified atom stereocenters. The molecule has 0 aromatic heterocycles. The van der Waals surface area contributed by atoms with Crippen LogP contribution in [0.15, 0.2) is 52.6 Å². The van der Waals surface area contributed by atoms with Gasteiger partial charge in [-0.25, -0.2) is 5.01 Å². The molecule has 4 heteroatoms. The topological polar surface area (TPSA) is 50.8 Å². The van der Waals surface area contributed by atoms with E-state index in [-0.39, 0.29) is 5.41 Å². The van der Waals surface area contributed by atoms with E-state index in [1.807, 2.05) is 44.3 Å². The zero-order valence-electron chi connectivity index (χ0n) is 14.7. The van der Waals surface area contributed by atoms with Crippen LogP contribution in [0.1, 0.15) is 46.5 Å². The smallest absolute Gasteiger partial charge is 0.0670 e. The summed E-state index contributed by atoms with van der Waals surface area (Å²) >= 11 is 0. The van der Waals surface area contributed by atoms with Crippen LogP contribution in [0.4, 0.5) is 0 Å². The minimum atomic E-state index is 0.175. The molecule has 0 amide bonds. The van der Waals surface area contributed by atoms with Crippen LogP contribution in [0.3, 0.4) is 0 Å². The second-order valence-electron chi connectivity index (χ2n) is 6.15. The number of allylic oxidation sites excluding steroid dienone is 5. The average molecular weight is 315 g/mol. The number of fused-ring (bicyclic) bond motifs is 1. The van der Waals surface area contributed by atoms with Crippen molar-refractivity contribution in [3.8, 4) is 0 Å². The molecule has 2 atom stereocenters. The van der Waals surface area contributed by atoms with Gasteiger partial charge in [0.15, 0.2) is 0 Å². The summed E-state index contributed by atoms with van der Waals surface area (Å²) in [6, 6.07) is 0. The maximum absolute atomic E-state index is 5.77. The van der Waals surface area contributed by atoms with Gasteiger partial charge in [-0.1, -0.05) is 18.6 Å². The van der Waals surface area contributed by atoms with Crippen LogP contribution in [-0.4, -0.2) is 24.4 Å². The van der Waals surface area contributed by atoms with Gasteiger partial charge >= 0.3 is 0 Å². The fraction of sp³-hybridized carbons (Fsp3) is 0.526. The fourth-order valence-electron chi connectivity index (χ4n) is 3.85. The molecule has 0 aromatic carbocycles. The number of methoxy groups -OCH3 is 1. The molecule has 1 fully saturated rings. The lowest BCUT2D eigenvalue weighted by atomic mass is 9.72. The van der Waals surface area contributed by atoms with Gasteiger partial charge in [0, 0.05) is 24.4 Å². The first-order chi connectivity index (χ1) is 11.1. The van der Waals surface area contributed by atoms with Gasteiger partial charge in [-0.15, -0.1) is 0 Å². The van der Waals surface area contributed by atoms with Crippen molar-refractivity contribution in [2.24, 2.45) is 16.3 Å². The van der Waals surface area contributed by atoms with Crippen LogP contribution >= 0.6 is 0 Å². The Morgan fingerprint density at radius 2 is 2.35 bits per heavy atom. The number of hydrogen-bond acceptors (Lipinski definition) is 4. The molecule has 23 heavy (non-hydrogen) atoms. The third-order valence-electron chi connectivity index (χ3n) is 5.10. The molecule has 0 aliphatic heterocycles. The van der Waals surface area contributed by atoms with Gasteiger partial charge in [0.25, 0.3) is 0 Å². The van der Waals surface area contributed by atoms with Crippen molar-refractivity contribution in [3.05, 3.63) is 47.5 Å². The summed E-state index contributed by atoms with van der Waals surface area (Å²) in [4.78, 5) is 0. The first kappa shape index (κ1) is 17.5.